The second-order valence-corrected chi connectivity index (χ2v) is 6.49. The summed E-state index contributed by atoms with van der Waals surface area (Å²) >= 11 is 0. The predicted molar refractivity (Wildman–Crippen MR) is 94.9 cm³/mol. The smallest absolute Gasteiger partial charge is 0.273 e. The van der Waals surface area contributed by atoms with Gasteiger partial charge in [-0.15, -0.1) is 5.10 Å². The monoisotopic (exact) mass is 332 g/mol. The molecule has 1 heterocycles. The molecule has 1 aliphatic rings. The number of carbonyl (C=O) groups is 1. The Morgan fingerprint density at radius 3 is 2.44 bits per heavy atom. The lowest BCUT2D eigenvalue weighted by Gasteiger charge is -2.17. The SMILES string of the molecule is O=C(N[C@@H](c1ccccc1)C1CC1)c1cn(Cc2ccccc2)nn1. The number of amides is 1. The van der Waals surface area contributed by atoms with Crippen molar-refractivity contribution in [2.75, 3.05) is 0 Å². The van der Waals surface area contributed by atoms with E-state index in [1.54, 1.807) is 10.9 Å². The summed E-state index contributed by atoms with van der Waals surface area (Å²) in [6.07, 6.45) is 4.01. The van der Waals surface area contributed by atoms with E-state index in [0.29, 0.717) is 18.2 Å². The molecule has 1 aliphatic carbocycles. The summed E-state index contributed by atoms with van der Waals surface area (Å²) in [5, 5.41) is 11.3. The molecule has 2 aromatic carbocycles. The summed E-state index contributed by atoms with van der Waals surface area (Å²) in [7, 11) is 0. The van der Waals surface area contributed by atoms with E-state index in [4.69, 9.17) is 0 Å². The van der Waals surface area contributed by atoms with Crippen molar-refractivity contribution >= 4 is 5.91 Å². The zero-order valence-corrected chi connectivity index (χ0v) is 13.9. The third kappa shape index (κ3) is 3.76. The number of nitrogens with one attached hydrogen (secondary N) is 1. The van der Waals surface area contributed by atoms with Crippen LogP contribution < -0.4 is 5.32 Å². The first-order valence-electron chi connectivity index (χ1n) is 8.59. The normalized spacial score (nSPS) is 14.9. The minimum absolute atomic E-state index is 0.0490. The molecule has 25 heavy (non-hydrogen) atoms. The van der Waals surface area contributed by atoms with E-state index in [9.17, 15) is 4.79 Å². The fraction of sp³-hybridized carbons (Fsp3) is 0.250. The van der Waals surface area contributed by atoms with E-state index >= 15 is 0 Å². The molecule has 0 bridgehead atoms. The molecule has 0 aliphatic heterocycles. The van der Waals surface area contributed by atoms with Crippen molar-refractivity contribution in [1.29, 1.82) is 0 Å². The number of rotatable bonds is 6. The highest BCUT2D eigenvalue weighted by atomic mass is 16.2. The summed E-state index contributed by atoms with van der Waals surface area (Å²) in [5.74, 6) is 0.353. The molecule has 1 amide bonds. The molecule has 1 saturated carbocycles. The van der Waals surface area contributed by atoms with Crippen LogP contribution in [0.2, 0.25) is 0 Å². The summed E-state index contributed by atoms with van der Waals surface area (Å²) in [6, 6.07) is 20.2. The summed E-state index contributed by atoms with van der Waals surface area (Å²) in [4.78, 5) is 12.6. The molecule has 0 radical (unpaired) electrons. The largest absolute Gasteiger partial charge is 0.344 e. The van der Waals surface area contributed by atoms with Crippen molar-refractivity contribution < 1.29 is 4.79 Å². The summed E-state index contributed by atoms with van der Waals surface area (Å²) in [6.45, 7) is 0.603. The van der Waals surface area contributed by atoms with Crippen molar-refractivity contribution in [3.05, 3.63) is 83.7 Å². The van der Waals surface area contributed by atoms with Crippen molar-refractivity contribution in [3.63, 3.8) is 0 Å². The highest BCUT2D eigenvalue weighted by molar-refractivity contribution is 5.92. The highest BCUT2D eigenvalue weighted by Crippen LogP contribution is 2.41. The molecule has 0 spiro atoms. The number of carbonyl (C=O) groups excluding carboxylic acids is 1. The third-order valence-electron chi connectivity index (χ3n) is 4.50. The van der Waals surface area contributed by atoms with Crippen LogP contribution >= 0.6 is 0 Å². The first kappa shape index (κ1) is 15.6. The van der Waals surface area contributed by atoms with Crippen LogP contribution in [-0.2, 0) is 6.54 Å². The van der Waals surface area contributed by atoms with Gasteiger partial charge in [-0.05, 0) is 29.9 Å². The fourth-order valence-corrected chi connectivity index (χ4v) is 3.03. The quantitative estimate of drug-likeness (QED) is 0.754. The second kappa shape index (κ2) is 6.89. The zero-order valence-electron chi connectivity index (χ0n) is 13.9. The molecule has 1 atom stereocenters. The Morgan fingerprint density at radius 2 is 1.76 bits per heavy atom. The van der Waals surface area contributed by atoms with Gasteiger partial charge in [0.2, 0.25) is 0 Å². The van der Waals surface area contributed by atoms with E-state index in [1.807, 2.05) is 48.5 Å². The van der Waals surface area contributed by atoms with E-state index in [1.165, 1.54) is 0 Å². The molecule has 0 unspecified atom stereocenters. The molecular weight excluding hydrogens is 312 g/mol. The molecule has 126 valence electrons. The standard InChI is InChI=1S/C20H20N4O/c25-20(21-19(17-11-12-17)16-9-5-2-6-10-16)18-14-24(23-22-18)13-15-7-3-1-4-8-15/h1-10,14,17,19H,11-13H2,(H,21,25)/t19-/m0/s1. The van der Waals surface area contributed by atoms with Gasteiger partial charge in [0.1, 0.15) is 0 Å². The van der Waals surface area contributed by atoms with Gasteiger partial charge in [0.15, 0.2) is 5.69 Å². The van der Waals surface area contributed by atoms with Crippen LogP contribution in [-0.4, -0.2) is 20.9 Å². The average Bonchev–Trinajstić information content (AvgIpc) is 3.39. The first-order chi connectivity index (χ1) is 12.3. The summed E-state index contributed by atoms with van der Waals surface area (Å²) in [5.41, 5.74) is 2.63. The van der Waals surface area contributed by atoms with Crippen LogP contribution in [0.5, 0.6) is 0 Å². The molecule has 5 heteroatoms. The summed E-state index contributed by atoms with van der Waals surface area (Å²) < 4.78 is 1.69. The predicted octanol–water partition coefficient (Wildman–Crippen LogP) is 3.21. The fourth-order valence-electron chi connectivity index (χ4n) is 3.03. The van der Waals surface area contributed by atoms with E-state index in [-0.39, 0.29) is 11.9 Å². The molecule has 1 fully saturated rings. The van der Waals surface area contributed by atoms with E-state index in [0.717, 1.165) is 24.0 Å². The Bertz CT molecular complexity index is 840. The van der Waals surface area contributed by atoms with Crippen LogP contribution in [0.3, 0.4) is 0 Å². The van der Waals surface area contributed by atoms with Gasteiger partial charge in [0, 0.05) is 0 Å². The molecule has 5 nitrogen and oxygen atoms in total. The maximum Gasteiger partial charge on any atom is 0.273 e. The number of aromatic nitrogens is 3. The van der Waals surface area contributed by atoms with Gasteiger partial charge in [0.25, 0.3) is 5.91 Å². The average molecular weight is 332 g/mol. The van der Waals surface area contributed by atoms with Gasteiger partial charge in [-0.2, -0.15) is 0 Å². The Morgan fingerprint density at radius 1 is 1.08 bits per heavy atom. The Kier molecular flexibility index (Phi) is 4.29. The molecular formula is C20H20N4O. The molecule has 3 aromatic rings. The van der Waals surface area contributed by atoms with E-state index in [2.05, 4.69) is 27.8 Å². The molecule has 1 aromatic heterocycles. The lowest BCUT2D eigenvalue weighted by Crippen LogP contribution is -2.30. The van der Waals surface area contributed by atoms with Gasteiger partial charge in [-0.3, -0.25) is 4.79 Å². The Balaban J connectivity index is 1.46. The van der Waals surface area contributed by atoms with Gasteiger partial charge < -0.3 is 5.32 Å². The van der Waals surface area contributed by atoms with Gasteiger partial charge >= 0.3 is 0 Å². The number of benzene rings is 2. The molecule has 0 saturated heterocycles. The zero-order chi connectivity index (χ0) is 17.1. The van der Waals surface area contributed by atoms with Crippen LogP contribution in [0.15, 0.2) is 66.9 Å². The van der Waals surface area contributed by atoms with Crippen molar-refractivity contribution in [2.45, 2.75) is 25.4 Å². The third-order valence-corrected chi connectivity index (χ3v) is 4.50. The maximum absolute atomic E-state index is 12.6. The van der Waals surface area contributed by atoms with E-state index < -0.39 is 0 Å². The van der Waals surface area contributed by atoms with Gasteiger partial charge in [-0.25, -0.2) is 4.68 Å². The number of hydrogen-bond donors (Lipinski definition) is 1. The topological polar surface area (TPSA) is 59.8 Å². The lowest BCUT2D eigenvalue weighted by molar-refractivity contribution is 0.0926. The Hall–Kier alpha value is -2.95. The first-order valence-corrected chi connectivity index (χ1v) is 8.59. The second-order valence-electron chi connectivity index (χ2n) is 6.49. The van der Waals surface area contributed by atoms with Crippen LogP contribution in [0.4, 0.5) is 0 Å². The van der Waals surface area contributed by atoms with Gasteiger partial charge in [-0.1, -0.05) is 65.9 Å². The van der Waals surface area contributed by atoms with Crippen LogP contribution in [0.25, 0.3) is 0 Å². The maximum atomic E-state index is 12.6. The van der Waals surface area contributed by atoms with Crippen LogP contribution in [0, 0.1) is 5.92 Å². The highest BCUT2D eigenvalue weighted by Gasteiger charge is 2.33. The lowest BCUT2D eigenvalue weighted by atomic mass is 10.0. The minimum atomic E-state index is -0.167. The van der Waals surface area contributed by atoms with Gasteiger partial charge in [0.05, 0.1) is 18.8 Å². The van der Waals surface area contributed by atoms with Crippen molar-refractivity contribution in [2.24, 2.45) is 5.92 Å². The minimum Gasteiger partial charge on any atom is -0.344 e. The van der Waals surface area contributed by atoms with Crippen molar-refractivity contribution in [1.82, 2.24) is 20.3 Å². The molecule has 1 N–H and O–H groups in total. The van der Waals surface area contributed by atoms with Crippen LogP contribution in [0.1, 0.15) is 40.5 Å². The molecule has 4 rings (SSSR count). The number of hydrogen-bond acceptors (Lipinski definition) is 3. The van der Waals surface area contributed by atoms with Crippen molar-refractivity contribution in [3.8, 4) is 0 Å². The number of nitrogens with zero attached hydrogens (tertiary/aromatic N) is 3. The Labute approximate surface area is 146 Å².